The fraction of sp³-hybridized carbons (Fsp3) is 0.636. The highest BCUT2D eigenvalue weighted by Crippen LogP contribution is 2.26. The number of halogens is 2. The molecule has 17 heavy (non-hydrogen) atoms. The maximum atomic E-state index is 13.4. The summed E-state index contributed by atoms with van der Waals surface area (Å²) in [5.74, 6) is 0.217. The van der Waals surface area contributed by atoms with Crippen molar-refractivity contribution in [2.45, 2.75) is 38.3 Å². The summed E-state index contributed by atoms with van der Waals surface area (Å²) in [6.45, 7) is 2.15. The van der Waals surface area contributed by atoms with Gasteiger partial charge >= 0.3 is 0 Å². The third kappa shape index (κ3) is 3.26. The van der Waals surface area contributed by atoms with E-state index in [1.165, 1.54) is 0 Å². The average molecular weight is 259 g/mol. The van der Waals surface area contributed by atoms with Crippen LogP contribution in [0.25, 0.3) is 0 Å². The molecule has 3 unspecified atom stereocenters. The van der Waals surface area contributed by atoms with E-state index in [-0.39, 0.29) is 23.2 Å². The van der Waals surface area contributed by atoms with Crippen LogP contribution in [0.15, 0.2) is 6.20 Å². The smallest absolute Gasteiger partial charge is 0.224 e. The molecule has 0 amide bonds. The van der Waals surface area contributed by atoms with Crippen molar-refractivity contribution in [2.75, 3.05) is 5.32 Å². The first-order chi connectivity index (χ1) is 8.04. The lowest BCUT2D eigenvalue weighted by Crippen LogP contribution is -2.38. The van der Waals surface area contributed by atoms with Crippen LogP contribution in [0.5, 0.6) is 0 Å². The maximum Gasteiger partial charge on any atom is 0.224 e. The zero-order valence-electron chi connectivity index (χ0n) is 9.66. The Morgan fingerprint density at radius 3 is 2.94 bits per heavy atom. The van der Waals surface area contributed by atoms with Crippen LogP contribution in [0.3, 0.4) is 0 Å². The number of hydrogen-bond donors (Lipinski definition) is 2. The van der Waals surface area contributed by atoms with Gasteiger partial charge in [0.2, 0.25) is 5.28 Å². The van der Waals surface area contributed by atoms with Gasteiger partial charge in [-0.15, -0.1) is 0 Å². The summed E-state index contributed by atoms with van der Waals surface area (Å²) >= 11 is 5.64. The van der Waals surface area contributed by atoms with Gasteiger partial charge in [-0.2, -0.15) is 4.98 Å². The van der Waals surface area contributed by atoms with E-state index in [0.29, 0.717) is 5.92 Å². The Balaban J connectivity index is 2.07. The molecule has 3 atom stereocenters. The van der Waals surface area contributed by atoms with Crippen LogP contribution in [-0.2, 0) is 0 Å². The topological polar surface area (TPSA) is 63.8 Å². The molecule has 1 fully saturated rings. The molecule has 1 aromatic rings. The van der Waals surface area contributed by atoms with E-state index in [4.69, 9.17) is 17.3 Å². The summed E-state index contributed by atoms with van der Waals surface area (Å²) in [6.07, 6.45) is 3.88. The van der Waals surface area contributed by atoms with Crippen LogP contribution >= 0.6 is 11.6 Å². The lowest BCUT2D eigenvalue weighted by Gasteiger charge is -2.32. The highest BCUT2D eigenvalue weighted by Gasteiger charge is 2.25. The van der Waals surface area contributed by atoms with E-state index >= 15 is 0 Å². The van der Waals surface area contributed by atoms with Crippen molar-refractivity contribution in [3.05, 3.63) is 17.3 Å². The molecule has 2 rings (SSSR count). The Morgan fingerprint density at radius 2 is 2.24 bits per heavy atom. The number of aromatic nitrogens is 2. The van der Waals surface area contributed by atoms with Crippen molar-refractivity contribution in [2.24, 2.45) is 11.7 Å². The lowest BCUT2D eigenvalue weighted by atomic mass is 9.84. The minimum Gasteiger partial charge on any atom is -0.365 e. The summed E-state index contributed by atoms with van der Waals surface area (Å²) < 4.78 is 13.4. The number of hydrogen-bond acceptors (Lipinski definition) is 4. The van der Waals surface area contributed by atoms with Gasteiger partial charge in [-0.1, -0.05) is 6.92 Å². The van der Waals surface area contributed by atoms with Crippen LogP contribution in [0, 0.1) is 11.7 Å². The van der Waals surface area contributed by atoms with Crippen molar-refractivity contribution in [1.29, 1.82) is 0 Å². The van der Waals surface area contributed by atoms with E-state index in [1.807, 2.05) is 0 Å². The first-order valence-electron chi connectivity index (χ1n) is 5.74. The summed E-state index contributed by atoms with van der Waals surface area (Å²) in [4.78, 5) is 7.42. The lowest BCUT2D eigenvalue weighted by molar-refractivity contribution is 0.320. The van der Waals surface area contributed by atoms with Crippen molar-refractivity contribution in [3.63, 3.8) is 0 Å². The van der Waals surface area contributed by atoms with Crippen LogP contribution in [-0.4, -0.2) is 22.1 Å². The second-order valence-corrected chi connectivity index (χ2v) is 5.09. The van der Waals surface area contributed by atoms with Gasteiger partial charge in [-0.05, 0) is 36.8 Å². The fourth-order valence-electron chi connectivity index (χ4n) is 2.41. The summed E-state index contributed by atoms with van der Waals surface area (Å²) in [5, 5.41) is 3.10. The van der Waals surface area contributed by atoms with Crippen molar-refractivity contribution >= 4 is 17.4 Å². The Bertz CT molecular complexity index is 391. The highest BCUT2D eigenvalue weighted by molar-refractivity contribution is 6.28. The largest absolute Gasteiger partial charge is 0.365 e. The molecule has 1 saturated carbocycles. The predicted octanol–water partition coefficient (Wildman–Crippen LogP) is 2.20. The average Bonchev–Trinajstić information content (AvgIpc) is 2.22. The Morgan fingerprint density at radius 1 is 1.47 bits per heavy atom. The molecule has 1 aliphatic rings. The molecule has 0 saturated heterocycles. The number of nitrogens with two attached hydrogens (primary N) is 1. The molecule has 0 bridgehead atoms. The van der Waals surface area contributed by atoms with Crippen LogP contribution < -0.4 is 11.1 Å². The fourth-order valence-corrected chi connectivity index (χ4v) is 2.55. The Labute approximate surface area is 105 Å². The van der Waals surface area contributed by atoms with Gasteiger partial charge in [0.25, 0.3) is 0 Å². The molecule has 1 aliphatic carbocycles. The number of rotatable bonds is 2. The third-order valence-corrected chi connectivity index (χ3v) is 3.22. The van der Waals surface area contributed by atoms with Crippen molar-refractivity contribution in [3.8, 4) is 0 Å². The van der Waals surface area contributed by atoms with Gasteiger partial charge in [-0.25, -0.2) is 9.37 Å². The monoisotopic (exact) mass is 258 g/mol. The SMILES string of the molecule is CC1CC(N)CC(Nc2nc(Cl)ncc2F)C1. The van der Waals surface area contributed by atoms with E-state index in [1.54, 1.807) is 0 Å². The van der Waals surface area contributed by atoms with Gasteiger partial charge in [0.05, 0.1) is 6.20 Å². The molecule has 6 heteroatoms. The standard InChI is InChI=1S/C11H16ClFN4/c1-6-2-7(14)4-8(3-6)16-10-9(13)5-15-11(12)17-10/h5-8H,2-4,14H2,1H3,(H,15,16,17). The molecule has 4 nitrogen and oxygen atoms in total. The number of nitrogens with one attached hydrogen (secondary N) is 1. The van der Waals surface area contributed by atoms with Crippen LogP contribution in [0.4, 0.5) is 10.2 Å². The van der Waals surface area contributed by atoms with E-state index in [9.17, 15) is 4.39 Å². The van der Waals surface area contributed by atoms with Crippen molar-refractivity contribution < 1.29 is 4.39 Å². The van der Waals surface area contributed by atoms with Crippen LogP contribution in [0.2, 0.25) is 5.28 Å². The first-order valence-corrected chi connectivity index (χ1v) is 6.12. The quantitative estimate of drug-likeness (QED) is 0.799. The highest BCUT2D eigenvalue weighted by atomic mass is 35.5. The van der Waals surface area contributed by atoms with Crippen molar-refractivity contribution in [1.82, 2.24) is 9.97 Å². The summed E-state index contributed by atoms with van der Waals surface area (Å²) in [7, 11) is 0. The Kier molecular flexibility index (Phi) is 3.79. The van der Waals surface area contributed by atoms with E-state index in [2.05, 4.69) is 22.2 Å². The molecule has 1 aromatic heterocycles. The second-order valence-electron chi connectivity index (χ2n) is 4.75. The molecule has 3 N–H and O–H groups in total. The zero-order chi connectivity index (χ0) is 12.4. The molecule has 0 radical (unpaired) electrons. The molecule has 0 spiro atoms. The minimum atomic E-state index is -0.485. The Hall–Kier alpha value is -0.940. The maximum absolute atomic E-state index is 13.4. The predicted molar refractivity (Wildman–Crippen MR) is 65.4 cm³/mol. The number of anilines is 1. The van der Waals surface area contributed by atoms with Gasteiger partial charge in [-0.3, -0.25) is 0 Å². The molecule has 0 aliphatic heterocycles. The van der Waals surface area contributed by atoms with Gasteiger partial charge < -0.3 is 11.1 Å². The normalized spacial score (nSPS) is 29.1. The summed E-state index contributed by atoms with van der Waals surface area (Å²) in [5.41, 5.74) is 5.94. The second kappa shape index (κ2) is 5.14. The molecule has 1 heterocycles. The van der Waals surface area contributed by atoms with Gasteiger partial charge in [0, 0.05) is 12.1 Å². The first kappa shape index (κ1) is 12.5. The molecular weight excluding hydrogens is 243 g/mol. The zero-order valence-corrected chi connectivity index (χ0v) is 10.4. The number of nitrogens with zero attached hydrogens (tertiary/aromatic N) is 2. The van der Waals surface area contributed by atoms with Gasteiger partial charge in [0.15, 0.2) is 11.6 Å². The third-order valence-electron chi connectivity index (χ3n) is 3.03. The van der Waals surface area contributed by atoms with E-state index in [0.717, 1.165) is 25.5 Å². The molecular formula is C11H16ClFN4. The molecule has 94 valence electrons. The molecule has 0 aromatic carbocycles. The van der Waals surface area contributed by atoms with E-state index < -0.39 is 5.82 Å². The minimum absolute atomic E-state index is 0.0436. The van der Waals surface area contributed by atoms with Crippen LogP contribution in [0.1, 0.15) is 26.2 Å². The van der Waals surface area contributed by atoms with Gasteiger partial charge in [0.1, 0.15) is 0 Å². The summed E-state index contributed by atoms with van der Waals surface area (Å²) in [6, 6.07) is 0.311.